The first kappa shape index (κ1) is 13.9. The molecule has 0 bridgehead atoms. The van der Waals surface area contributed by atoms with Crippen LogP contribution in [-0.4, -0.2) is 19.3 Å². The number of ether oxygens (including phenoxy) is 1. The third-order valence-corrected chi connectivity index (χ3v) is 2.74. The Morgan fingerprint density at radius 1 is 1.29 bits per heavy atom. The lowest BCUT2D eigenvalue weighted by atomic mass is 9.92. The largest absolute Gasteiger partial charge is 0.380 e. The highest BCUT2D eigenvalue weighted by molar-refractivity contribution is 4.73. The zero-order valence-electron chi connectivity index (χ0n) is 9.88. The van der Waals surface area contributed by atoms with Gasteiger partial charge in [-0.1, -0.05) is 33.1 Å². The summed E-state index contributed by atoms with van der Waals surface area (Å²) in [5.74, 6) is 6.18. The van der Waals surface area contributed by atoms with E-state index >= 15 is 0 Å². The molecule has 3 heteroatoms. The van der Waals surface area contributed by atoms with Crippen molar-refractivity contribution >= 4 is 0 Å². The molecule has 0 aromatic heterocycles. The van der Waals surface area contributed by atoms with Crippen molar-refractivity contribution in [1.29, 1.82) is 0 Å². The van der Waals surface area contributed by atoms with Crippen LogP contribution in [0, 0.1) is 5.92 Å². The molecule has 0 spiro atoms. The van der Waals surface area contributed by atoms with E-state index in [1.165, 1.54) is 25.7 Å². The molecule has 3 nitrogen and oxygen atoms in total. The van der Waals surface area contributed by atoms with Crippen molar-refractivity contribution in [3.63, 3.8) is 0 Å². The van der Waals surface area contributed by atoms with Gasteiger partial charge in [-0.05, 0) is 19.3 Å². The molecule has 0 radical (unpaired) electrons. The number of unbranched alkanes of at least 4 members (excludes halogenated alkanes) is 1. The van der Waals surface area contributed by atoms with Crippen LogP contribution in [0.5, 0.6) is 0 Å². The number of hydrogen-bond donors (Lipinski definition) is 2. The Hall–Kier alpha value is -0.120. The lowest BCUT2D eigenvalue weighted by Gasteiger charge is -2.25. The smallest absolute Gasteiger partial charge is 0.0635 e. The van der Waals surface area contributed by atoms with Crippen molar-refractivity contribution in [2.45, 2.75) is 52.5 Å². The van der Waals surface area contributed by atoms with E-state index in [9.17, 15) is 0 Å². The molecule has 0 saturated heterocycles. The predicted octanol–water partition coefficient (Wildman–Crippen LogP) is 2.07. The van der Waals surface area contributed by atoms with E-state index < -0.39 is 0 Å². The fourth-order valence-corrected chi connectivity index (χ4v) is 1.72. The average Bonchev–Trinajstić information content (AvgIpc) is 2.23. The Kier molecular flexibility index (Phi) is 9.35. The van der Waals surface area contributed by atoms with Gasteiger partial charge < -0.3 is 4.74 Å². The van der Waals surface area contributed by atoms with Gasteiger partial charge in [0, 0.05) is 12.6 Å². The van der Waals surface area contributed by atoms with Crippen LogP contribution in [0.3, 0.4) is 0 Å². The SMILES string of the molecule is CCCCC(CC)C(COCC)NN. The summed E-state index contributed by atoms with van der Waals surface area (Å²) < 4.78 is 5.41. The van der Waals surface area contributed by atoms with Crippen molar-refractivity contribution in [1.82, 2.24) is 5.43 Å². The van der Waals surface area contributed by atoms with Gasteiger partial charge in [0.1, 0.15) is 0 Å². The summed E-state index contributed by atoms with van der Waals surface area (Å²) in [6.45, 7) is 7.95. The van der Waals surface area contributed by atoms with Crippen LogP contribution in [0.4, 0.5) is 0 Å². The normalized spacial score (nSPS) is 15.4. The predicted molar refractivity (Wildman–Crippen MR) is 60.9 cm³/mol. The fourth-order valence-electron chi connectivity index (χ4n) is 1.72. The van der Waals surface area contributed by atoms with E-state index in [-0.39, 0.29) is 0 Å². The van der Waals surface area contributed by atoms with E-state index in [2.05, 4.69) is 19.3 Å². The zero-order chi connectivity index (χ0) is 10.8. The molecule has 0 saturated carbocycles. The maximum Gasteiger partial charge on any atom is 0.0635 e. The minimum absolute atomic E-state index is 0.312. The summed E-state index contributed by atoms with van der Waals surface area (Å²) in [6, 6.07) is 0.312. The third-order valence-electron chi connectivity index (χ3n) is 2.74. The summed E-state index contributed by atoms with van der Waals surface area (Å²) in [4.78, 5) is 0. The summed E-state index contributed by atoms with van der Waals surface area (Å²) in [6.07, 6.45) is 4.95. The van der Waals surface area contributed by atoms with Gasteiger partial charge in [0.05, 0.1) is 6.61 Å². The Bertz CT molecular complexity index is 106. The van der Waals surface area contributed by atoms with Crippen LogP contribution in [0.25, 0.3) is 0 Å². The van der Waals surface area contributed by atoms with Crippen molar-refractivity contribution < 1.29 is 4.74 Å². The van der Waals surface area contributed by atoms with Crippen molar-refractivity contribution in [3.05, 3.63) is 0 Å². The molecule has 86 valence electrons. The molecule has 0 aliphatic rings. The van der Waals surface area contributed by atoms with Gasteiger partial charge >= 0.3 is 0 Å². The first-order valence-electron chi connectivity index (χ1n) is 5.83. The molecule has 3 N–H and O–H groups in total. The van der Waals surface area contributed by atoms with Crippen molar-refractivity contribution in [2.75, 3.05) is 13.2 Å². The highest BCUT2D eigenvalue weighted by Gasteiger charge is 2.17. The topological polar surface area (TPSA) is 47.3 Å². The second kappa shape index (κ2) is 9.44. The number of hydrazine groups is 1. The molecule has 2 atom stereocenters. The monoisotopic (exact) mass is 202 g/mol. The van der Waals surface area contributed by atoms with Gasteiger partial charge in [-0.2, -0.15) is 0 Å². The second-order valence-electron chi connectivity index (χ2n) is 3.74. The highest BCUT2D eigenvalue weighted by atomic mass is 16.5. The van der Waals surface area contributed by atoms with E-state index in [4.69, 9.17) is 10.6 Å². The quantitative estimate of drug-likeness (QED) is 0.444. The van der Waals surface area contributed by atoms with Crippen molar-refractivity contribution in [2.24, 2.45) is 11.8 Å². The number of hydrogen-bond acceptors (Lipinski definition) is 3. The van der Waals surface area contributed by atoms with Gasteiger partial charge in [-0.15, -0.1) is 0 Å². The molecular weight excluding hydrogens is 176 g/mol. The molecule has 0 fully saturated rings. The summed E-state index contributed by atoms with van der Waals surface area (Å²) in [7, 11) is 0. The summed E-state index contributed by atoms with van der Waals surface area (Å²) in [5.41, 5.74) is 2.87. The summed E-state index contributed by atoms with van der Waals surface area (Å²) in [5, 5.41) is 0. The van der Waals surface area contributed by atoms with Gasteiger partial charge in [-0.25, -0.2) is 0 Å². The second-order valence-corrected chi connectivity index (χ2v) is 3.74. The Morgan fingerprint density at radius 3 is 2.43 bits per heavy atom. The van der Waals surface area contributed by atoms with Gasteiger partial charge in [-0.3, -0.25) is 11.3 Å². The molecule has 0 amide bonds. The first-order valence-corrected chi connectivity index (χ1v) is 5.83. The first-order chi connectivity index (χ1) is 6.79. The van der Waals surface area contributed by atoms with Gasteiger partial charge in [0.25, 0.3) is 0 Å². The maximum absolute atomic E-state index is 5.53. The fraction of sp³-hybridized carbons (Fsp3) is 1.00. The minimum Gasteiger partial charge on any atom is -0.380 e. The van der Waals surface area contributed by atoms with Gasteiger partial charge in [0.15, 0.2) is 0 Å². The molecule has 2 unspecified atom stereocenters. The standard InChI is InChI=1S/C11H26N2O/c1-4-7-8-10(5-2)11(13-12)9-14-6-3/h10-11,13H,4-9,12H2,1-3H3. The van der Waals surface area contributed by atoms with Crippen LogP contribution in [0.1, 0.15) is 46.5 Å². The van der Waals surface area contributed by atoms with E-state index in [0.717, 1.165) is 13.2 Å². The Balaban J connectivity index is 3.87. The van der Waals surface area contributed by atoms with Crippen LogP contribution < -0.4 is 11.3 Å². The zero-order valence-corrected chi connectivity index (χ0v) is 9.88. The molecule has 0 aromatic rings. The average molecular weight is 202 g/mol. The van der Waals surface area contributed by atoms with Crippen LogP contribution >= 0.6 is 0 Å². The lowest BCUT2D eigenvalue weighted by Crippen LogP contribution is -2.44. The molecule has 0 heterocycles. The third kappa shape index (κ3) is 5.58. The number of nitrogens with two attached hydrogens (primary N) is 1. The van der Waals surface area contributed by atoms with E-state index in [0.29, 0.717) is 12.0 Å². The number of rotatable bonds is 9. The van der Waals surface area contributed by atoms with E-state index in [1.54, 1.807) is 0 Å². The molecule has 0 rings (SSSR count). The van der Waals surface area contributed by atoms with Crippen LogP contribution in [0.15, 0.2) is 0 Å². The Morgan fingerprint density at radius 2 is 2.00 bits per heavy atom. The highest BCUT2D eigenvalue weighted by Crippen LogP contribution is 2.16. The lowest BCUT2D eigenvalue weighted by molar-refractivity contribution is 0.0989. The molecule has 0 aliphatic carbocycles. The minimum atomic E-state index is 0.312. The molecule has 0 aromatic carbocycles. The molecule has 14 heavy (non-hydrogen) atoms. The molecular formula is C11H26N2O. The van der Waals surface area contributed by atoms with E-state index in [1.807, 2.05) is 6.92 Å². The Labute approximate surface area is 88.4 Å². The van der Waals surface area contributed by atoms with Gasteiger partial charge in [0.2, 0.25) is 0 Å². The maximum atomic E-state index is 5.53. The summed E-state index contributed by atoms with van der Waals surface area (Å²) >= 11 is 0. The number of nitrogens with one attached hydrogen (secondary N) is 1. The molecule has 0 aliphatic heterocycles. The van der Waals surface area contributed by atoms with Crippen LogP contribution in [0.2, 0.25) is 0 Å². The van der Waals surface area contributed by atoms with Crippen molar-refractivity contribution in [3.8, 4) is 0 Å². The van der Waals surface area contributed by atoms with Crippen LogP contribution in [-0.2, 0) is 4.74 Å².